The summed E-state index contributed by atoms with van der Waals surface area (Å²) in [5, 5.41) is 5.33. The maximum Gasteiger partial charge on any atom is 0.261 e. The highest BCUT2D eigenvalue weighted by Crippen LogP contribution is 2.38. The van der Waals surface area contributed by atoms with Gasteiger partial charge in [-0.15, -0.1) is 11.8 Å². The number of thioether (sulfide) groups is 2. The third-order valence-corrected chi connectivity index (χ3v) is 13.1. The molecule has 3 rings (SSSR count). The van der Waals surface area contributed by atoms with E-state index in [0.29, 0.717) is 6.61 Å². The van der Waals surface area contributed by atoms with Gasteiger partial charge in [0.2, 0.25) is 5.91 Å². The van der Waals surface area contributed by atoms with Crippen LogP contribution in [-0.4, -0.2) is 35.5 Å². The molecule has 1 N–H and O–H groups in total. The Labute approximate surface area is 194 Å². The molecule has 0 bridgehead atoms. The lowest BCUT2D eigenvalue weighted by Gasteiger charge is -2.45. The van der Waals surface area contributed by atoms with Gasteiger partial charge in [0, 0.05) is 6.61 Å². The second kappa shape index (κ2) is 10.00. The molecule has 2 aromatic carbocycles. The summed E-state index contributed by atoms with van der Waals surface area (Å²) >= 11 is 8.65. The van der Waals surface area contributed by atoms with Crippen molar-refractivity contribution in [3.8, 4) is 0 Å². The Morgan fingerprint density at radius 3 is 2.03 bits per heavy atom. The Hall–Kier alpha value is -1.12. The Morgan fingerprint density at radius 1 is 1.07 bits per heavy atom. The summed E-state index contributed by atoms with van der Waals surface area (Å²) < 4.78 is 7.80. The molecular weight excluding hydrogens is 447 g/mol. The SMILES string of the molecule is CCSC(=S)SC1NC(=O)C1CO[Si](c1ccccc1)(c1ccccc1)C(C)(C)C. The van der Waals surface area contributed by atoms with E-state index in [9.17, 15) is 4.79 Å². The van der Waals surface area contributed by atoms with Crippen molar-refractivity contribution < 1.29 is 9.22 Å². The lowest BCUT2D eigenvalue weighted by atomic mass is 10.0. The van der Waals surface area contributed by atoms with E-state index in [-0.39, 0.29) is 22.2 Å². The molecule has 2 unspecified atom stereocenters. The first-order chi connectivity index (χ1) is 14.3. The summed E-state index contributed by atoms with van der Waals surface area (Å²) in [5.74, 6) is 0.803. The van der Waals surface area contributed by atoms with Crippen LogP contribution in [0.2, 0.25) is 5.04 Å². The van der Waals surface area contributed by atoms with E-state index in [0.717, 1.165) is 9.28 Å². The van der Waals surface area contributed by atoms with Crippen LogP contribution >= 0.6 is 35.7 Å². The number of benzene rings is 2. The number of β-lactam (4-membered cyclic amide) rings is 1. The minimum Gasteiger partial charge on any atom is -0.406 e. The Kier molecular flexibility index (Phi) is 7.85. The zero-order valence-corrected chi connectivity index (χ0v) is 21.3. The maximum atomic E-state index is 12.4. The number of amides is 1. The van der Waals surface area contributed by atoms with Crippen LogP contribution < -0.4 is 15.7 Å². The monoisotopic (exact) mass is 475 g/mol. The number of hydrogen-bond donors (Lipinski definition) is 1. The smallest absolute Gasteiger partial charge is 0.261 e. The first-order valence-electron chi connectivity index (χ1n) is 10.2. The van der Waals surface area contributed by atoms with Gasteiger partial charge in [0.05, 0.1) is 11.3 Å². The van der Waals surface area contributed by atoms with E-state index in [4.69, 9.17) is 16.6 Å². The van der Waals surface area contributed by atoms with E-state index in [1.54, 1.807) is 23.5 Å². The van der Waals surface area contributed by atoms with E-state index >= 15 is 0 Å². The van der Waals surface area contributed by atoms with Gasteiger partial charge in [0.25, 0.3) is 8.32 Å². The van der Waals surface area contributed by atoms with E-state index in [1.165, 1.54) is 10.4 Å². The van der Waals surface area contributed by atoms with Gasteiger partial charge in [-0.2, -0.15) is 0 Å². The highest BCUT2D eigenvalue weighted by atomic mass is 32.2. The molecule has 30 heavy (non-hydrogen) atoms. The summed E-state index contributed by atoms with van der Waals surface area (Å²) in [4.78, 5) is 12.4. The van der Waals surface area contributed by atoms with E-state index in [1.807, 2.05) is 12.1 Å². The van der Waals surface area contributed by atoms with E-state index < -0.39 is 8.32 Å². The van der Waals surface area contributed by atoms with Gasteiger partial charge in [-0.05, 0) is 21.2 Å². The molecule has 1 aliphatic rings. The van der Waals surface area contributed by atoms with Crippen molar-refractivity contribution in [1.29, 1.82) is 0 Å². The van der Waals surface area contributed by atoms with Crippen LogP contribution in [0.1, 0.15) is 27.7 Å². The second-order valence-corrected chi connectivity index (χ2v) is 16.2. The molecule has 2 atom stereocenters. The molecule has 3 nitrogen and oxygen atoms in total. The van der Waals surface area contributed by atoms with Crippen molar-refractivity contribution in [1.82, 2.24) is 5.32 Å². The largest absolute Gasteiger partial charge is 0.406 e. The quantitative estimate of drug-likeness (QED) is 0.365. The number of rotatable bonds is 7. The lowest BCUT2D eigenvalue weighted by molar-refractivity contribution is -0.133. The molecule has 0 aromatic heterocycles. The minimum absolute atomic E-state index is 0.0118. The summed E-state index contributed by atoms with van der Waals surface area (Å²) in [7, 11) is -2.64. The summed E-state index contributed by atoms with van der Waals surface area (Å²) in [6.45, 7) is 9.23. The fourth-order valence-corrected chi connectivity index (χ4v) is 11.1. The van der Waals surface area contributed by atoms with Gasteiger partial charge >= 0.3 is 0 Å². The molecule has 160 valence electrons. The van der Waals surface area contributed by atoms with Crippen LogP contribution in [0.15, 0.2) is 60.7 Å². The molecule has 0 saturated carbocycles. The molecule has 1 amide bonds. The number of carbonyl (C=O) groups is 1. The summed E-state index contributed by atoms with van der Waals surface area (Å²) in [5.41, 5.74) is 0. The molecule has 1 heterocycles. The van der Waals surface area contributed by atoms with Crippen molar-refractivity contribution in [2.75, 3.05) is 12.4 Å². The zero-order valence-electron chi connectivity index (χ0n) is 17.9. The zero-order chi connectivity index (χ0) is 21.8. The number of nitrogens with one attached hydrogen (secondary N) is 1. The van der Waals surface area contributed by atoms with Gasteiger partial charge in [-0.3, -0.25) is 4.79 Å². The van der Waals surface area contributed by atoms with Crippen LogP contribution in [0.5, 0.6) is 0 Å². The lowest BCUT2D eigenvalue weighted by Crippen LogP contribution is -2.68. The highest BCUT2D eigenvalue weighted by Gasteiger charge is 2.52. The molecule has 7 heteroatoms. The van der Waals surface area contributed by atoms with Crippen LogP contribution in [-0.2, 0) is 9.22 Å². The van der Waals surface area contributed by atoms with Gasteiger partial charge in [-0.1, -0.05) is 112 Å². The van der Waals surface area contributed by atoms with E-state index in [2.05, 4.69) is 81.5 Å². The minimum atomic E-state index is -2.64. The van der Waals surface area contributed by atoms with Gasteiger partial charge in [-0.25, -0.2) is 0 Å². The highest BCUT2D eigenvalue weighted by molar-refractivity contribution is 8.47. The first kappa shape index (κ1) is 23.5. The van der Waals surface area contributed by atoms with Crippen molar-refractivity contribution >= 4 is 63.9 Å². The number of thiocarbonyl (C=S) groups is 1. The predicted octanol–water partition coefficient (Wildman–Crippen LogP) is 4.41. The molecular formula is C23H29NO2S3Si. The van der Waals surface area contributed by atoms with Gasteiger partial charge in [0.15, 0.2) is 0 Å². The van der Waals surface area contributed by atoms with Crippen LogP contribution in [0, 0.1) is 5.92 Å². The van der Waals surface area contributed by atoms with Crippen molar-refractivity contribution in [2.24, 2.45) is 5.92 Å². The fourth-order valence-electron chi connectivity index (χ4n) is 3.90. The van der Waals surface area contributed by atoms with Crippen LogP contribution in [0.25, 0.3) is 0 Å². The molecule has 2 aromatic rings. The Morgan fingerprint density at radius 2 is 1.60 bits per heavy atom. The molecule has 0 spiro atoms. The Balaban J connectivity index is 1.92. The van der Waals surface area contributed by atoms with Crippen LogP contribution in [0.3, 0.4) is 0 Å². The Bertz CT molecular complexity index is 832. The van der Waals surface area contributed by atoms with Crippen molar-refractivity contribution in [3.63, 3.8) is 0 Å². The molecule has 1 fully saturated rings. The summed E-state index contributed by atoms with van der Waals surface area (Å²) in [6.07, 6.45) is 0. The number of hydrogen-bond acceptors (Lipinski definition) is 5. The maximum absolute atomic E-state index is 12.4. The molecule has 1 saturated heterocycles. The third kappa shape index (κ3) is 4.86. The normalized spacial score (nSPS) is 19.1. The summed E-state index contributed by atoms with van der Waals surface area (Å²) in [6, 6.07) is 21.1. The van der Waals surface area contributed by atoms with Crippen LogP contribution in [0.4, 0.5) is 0 Å². The van der Waals surface area contributed by atoms with Gasteiger partial charge < -0.3 is 9.74 Å². The van der Waals surface area contributed by atoms with Gasteiger partial charge in [0.1, 0.15) is 3.53 Å². The van der Waals surface area contributed by atoms with Crippen molar-refractivity contribution in [2.45, 2.75) is 38.1 Å². The molecule has 0 aliphatic carbocycles. The third-order valence-electron chi connectivity index (χ3n) is 5.37. The van der Waals surface area contributed by atoms with Crippen molar-refractivity contribution in [3.05, 3.63) is 60.7 Å². The molecule has 1 aliphatic heterocycles. The fraction of sp³-hybridized carbons (Fsp3) is 0.391. The average molecular weight is 476 g/mol. The molecule has 0 radical (unpaired) electrons. The predicted molar refractivity (Wildman–Crippen MR) is 137 cm³/mol. The topological polar surface area (TPSA) is 38.3 Å². The number of carbonyl (C=O) groups excluding carboxylic acids is 1. The first-order valence-corrected chi connectivity index (χ1v) is 14.4. The standard InChI is InChI=1S/C23H29NO2S3Si/c1-5-28-22(27)29-21-19(20(25)24-21)16-26-30(23(2,3)4,17-12-8-6-9-13-17)18-14-10-7-11-15-18/h6-15,19,21H,5,16H2,1-4H3,(H,24,25). The average Bonchev–Trinajstić information content (AvgIpc) is 2.71. The second-order valence-electron chi connectivity index (χ2n) is 8.31.